The van der Waals surface area contributed by atoms with Crippen molar-refractivity contribution in [2.24, 2.45) is 0 Å². The largest absolute Gasteiger partial charge is 0.491 e. The first-order valence-electron chi connectivity index (χ1n) is 9.07. The summed E-state index contributed by atoms with van der Waals surface area (Å²) in [6, 6.07) is 6.32. The number of hydrogen-bond donors (Lipinski definition) is 0. The molecule has 1 aliphatic heterocycles. The van der Waals surface area contributed by atoms with Crippen LogP contribution in [-0.4, -0.2) is 30.9 Å². The van der Waals surface area contributed by atoms with Gasteiger partial charge in [-0.25, -0.2) is 14.6 Å². The highest BCUT2D eigenvalue weighted by molar-refractivity contribution is 9.10. The molecule has 0 saturated heterocycles. The van der Waals surface area contributed by atoms with Gasteiger partial charge in [-0.3, -0.25) is 0 Å². The minimum absolute atomic E-state index is 0.248. The van der Waals surface area contributed by atoms with Gasteiger partial charge in [-0.05, 0) is 44.9 Å². The van der Waals surface area contributed by atoms with Crippen LogP contribution in [-0.2, 0) is 6.54 Å². The summed E-state index contributed by atoms with van der Waals surface area (Å²) in [5.41, 5.74) is 1.89. The summed E-state index contributed by atoms with van der Waals surface area (Å²) in [5, 5.41) is 4.75. The van der Waals surface area contributed by atoms with E-state index in [0.717, 1.165) is 45.5 Å². The maximum Gasteiger partial charge on any atom is 0.178 e. The molecule has 5 rings (SSSR count). The fraction of sp³-hybridized carbons (Fsp3) is 0.421. The van der Waals surface area contributed by atoms with Crippen LogP contribution in [0.1, 0.15) is 44.5 Å². The standard InChI is InChI=1S/C19H20BrN5O/c1-11(2)25-19(22-17(23-25)12-3-4-12)15-10-24-7-8-26-16-9-13(20)5-6-14(16)18(24)21-15/h5-6,9-12H,3-4,7-8H2,1-2H3. The first-order valence-corrected chi connectivity index (χ1v) is 9.86. The first kappa shape index (κ1) is 16.1. The van der Waals surface area contributed by atoms with E-state index in [2.05, 4.69) is 46.6 Å². The quantitative estimate of drug-likeness (QED) is 0.637. The third-order valence-corrected chi connectivity index (χ3v) is 5.35. The van der Waals surface area contributed by atoms with Crippen molar-refractivity contribution in [1.82, 2.24) is 24.3 Å². The molecule has 1 aromatic carbocycles. The lowest BCUT2D eigenvalue weighted by atomic mass is 10.2. The van der Waals surface area contributed by atoms with Crippen molar-refractivity contribution >= 4 is 15.9 Å². The number of halogens is 1. The minimum Gasteiger partial charge on any atom is -0.491 e. The summed E-state index contributed by atoms with van der Waals surface area (Å²) in [6.07, 6.45) is 4.47. The van der Waals surface area contributed by atoms with Gasteiger partial charge in [0.15, 0.2) is 11.6 Å². The smallest absolute Gasteiger partial charge is 0.178 e. The third-order valence-electron chi connectivity index (χ3n) is 4.86. The SMILES string of the molecule is CC(C)n1nc(C2CC2)nc1-c1cn2c(n1)-c1ccc(Br)cc1OCC2. The van der Waals surface area contributed by atoms with Crippen molar-refractivity contribution in [2.45, 2.75) is 45.2 Å². The normalized spacial score (nSPS) is 16.2. The van der Waals surface area contributed by atoms with E-state index in [4.69, 9.17) is 19.8 Å². The number of rotatable bonds is 3. The zero-order valence-corrected chi connectivity index (χ0v) is 16.4. The number of aromatic nitrogens is 5. The maximum absolute atomic E-state index is 5.90. The molecule has 1 saturated carbocycles. The molecule has 2 aromatic heterocycles. The van der Waals surface area contributed by atoms with Gasteiger partial charge in [0, 0.05) is 22.6 Å². The highest BCUT2D eigenvalue weighted by Crippen LogP contribution is 2.40. The Balaban J connectivity index is 1.64. The number of ether oxygens (including phenoxy) is 1. The molecule has 0 amide bonds. The fourth-order valence-electron chi connectivity index (χ4n) is 3.35. The van der Waals surface area contributed by atoms with Crippen molar-refractivity contribution in [3.63, 3.8) is 0 Å². The van der Waals surface area contributed by atoms with Gasteiger partial charge in [0.2, 0.25) is 0 Å². The van der Waals surface area contributed by atoms with Crippen molar-refractivity contribution < 1.29 is 4.74 Å². The molecule has 3 heterocycles. The van der Waals surface area contributed by atoms with Crippen molar-refractivity contribution in [2.75, 3.05) is 6.61 Å². The zero-order chi connectivity index (χ0) is 17.8. The van der Waals surface area contributed by atoms with Gasteiger partial charge >= 0.3 is 0 Å². The van der Waals surface area contributed by atoms with Gasteiger partial charge in [0.1, 0.15) is 23.9 Å². The highest BCUT2D eigenvalue weighted by atomic mass is 79.9. The molecule has 0 unspecified atom stereocenters. The summed E-state index contributed by atoms with van der Waals surface area (Å²) in [7, 11) is 0. The Kier molecular flexibility index (Phi) is 3.67. The van der Waals surface area contributed by atoms with Crippen molar-refractivity contribution in [1.29, 1.82) is 0 Å². The lowest BCUT2D eigenvalue weighted by Crippen LogP contribution is -2.06. The molecule has 1 aliphatic carbocycles. The second kappa shape index (κ2) is 5.94. The summed E-state index contributed by atoms with van der Waals surface area (Å²) in [6.45, 7) is 5.66. The lowest BCUT2D eigenvalue weighted by molar-refractivity contribution is 0.306. The molecule has 0 radical (unpaired) electrons. The average molecular weight is 414 g/mol. The van der Waals surface area contributed by atoms with E-state index >= 15 is 0 Å². The molecule has 6 nitrogen and oxygen atoms in total. The Bertz CT molecular complexity index is 986. The Morgan fingerprint density at radius 1 is 1.19 bits per heavy atom. The molecule has 134 valence electrons. The van der Waals surface area contributed by atoms with Crippen LogP contribution in [0.25, 0.3) is 22.9 Å². The maximum atomic E-state index is 5.90. The highest BCUT2D eigenvalue weighted by Gasteiger charge is 2.30. The molecule has 2 aliphatic rings. The van der Waals surface area contributed by atoms with Gasteiger partial charge in [-0.2, -0.15) is 5.10 Å². The van der Waals surface area contributed by atoms with E-state index in [1.165, 1.54) is 12.8 Å². The van der Waals surface area contributed by atoms with Gasteiger partial charge in [0.05, 0.1) is 12.1 Å². The number of nitrogens with zero attached hydrogens (tertiary/aromatic N) is 5. The molecule has 0 N–H and O–H groups in total. The van der Waals surface area contributed by atoms with Gasteiger partial charge in [-0.15, -0.1) is 0 Å². The van der Waals surface area contributed by atoms with E-state index in [0.29, 0.717) is 12.5 Å². The summed E-state index contributed by atoms with van der Waals surface area (Å²) in [4.78, 5) is 9.77. The fourth-order valence-corrected chi connectivity index (χ4v) is 3.69. The molecule has 0 bridgehead atoms. The molecular weight excluding hydrogens is 394 g/mol. The Hall–Kier alpha value is -2.15. The van der Waals surface area contributed by atoms with Crippen LogP contribution in [0.4, 0.5) is 0 Å². The molecule has 0 spiro atoms. The third kappa shape index (κ3) is 2.65. The van der Waals surface area contributed by atoms with E-state index in [9.17, 15) is 0 Å². The van der Waals surface area contributed by atoms with Crippen LogP contribution < -0.4 is 4.74 Å². The predicted octanol–water partition coefficient (Wildman–Crippen LogP) is 4.42. The molecule has 3 aromatic rings. The van der Waals surface area contributed by atoms with E-state index in [1.807, 2.05) is 16.8 Å². The number of hydrogen-bond acceptors (Lipinski definition) is 4. The molecule has 0 atom stereocenters. The van der Waals surface area contributed by atoms with Crippen molar-refractivity contribution in [3.05, 3.63) is 34.7 Å². The van der Waals surface area contributed by atoms with Crippen LogP contribution in [0, 0.1) is 0 Å². The Morgan fingerprint density at radius 2 is 2.04 bits per heavy atom. The minimum atomic E-state index is 0.248. The molecule has 26 heavy (non-hydrogen) atoms. The second-order valence-electron chi connectivity index (χ2n) is 7.24. The summed E-state index contributed by atoms with van der Waals surface area (Å²) in [5.74, 6) is 4.14. The molecular formula is C19H20BrN5O. The topological polar surface area (TPSA) is 57.8 Å². The van der Waals surface area contributed by atoms with Crippen molar-refractivity contribution in [3.8, 4) is 28.7 Å². The predicted molar refractivity (Wildman–Crippen MR) is 102 cm³/mol. The lowest BCUT2D eigenvalue weighted by Gasteiger charge is -2.08. The van der Waals surface area contributed by atoms with E-state index in [-0.39, 0.29) is 6.04 Å². The Labute approximate surface area is 160 Å². The number of fused-ring (bicyclic) bond motifs is 3. The Morgan fingerprint density at radius 3 is 2.81 bits per heavy atom. The first-order chi connectivity index (χ1) is 12.6. The number of imidazole rings is 1. The summed E-state index contributed by atoms with van der Waals surface area (Å²) < 4.78 is 11.1. The van der Waals surface area contributed by atoms with E-state index in [1.54, 1.807) is 0 Å². The van der Waals surface area contributed by atoms with Crippen LogP contribution in [0.15, 0.2) is 28.9 Å². The van der Waals surface area contributed by atoms with Crippen LogP contribution in [0.5, 0.6) is 5.75 Å². The molecule has 7 heteroatoms. The van der Waals surface area contributed by atoms with Gasteiger partial charge in [-0.1, -0.05) is 15.9 Å². The summed E-state index contributed by atoms with van der Waals surface area (Å²) >= 11 is 3.52. The average Bonchev–Trinajstić information content (AvgIpc) is 3.26. The molecule has 1 fully saturated rings. The van der Waals surface area contributed by atoms with Gasteiger partial charge in [0.25, 0.3) is 0 Å². The second-order valence-corrected chi connectivity index (χ2v) is 8.15. The van der Waals surface area contributed by atoms with Crippen LogP contribution >= 0.6 is 15.9 Å². The van der Waals surface area contributed by atoms with Crippen LogP contribution in [0.2, 0.25) is 0 Å². The van der Waals surface area contributed by atoms with Crippen LogP contribution in [0.3, 0.4) is 0 Å². The number of benzene rings is 1. The van der Waals surface area contributed by atoms with E-state index < -0.39 is 0 Å². The zero-order valence-electron chi connectivity index (χ0n) is 14.8. The monoisotopic (exact) mass is 413 g/mol. The van der Waals surface area contributed by atoms with Gasteiger partial charge < -0.3 is 9.30 Å².